The van der Waals surface area contributed by atoms with E-state index in [1.807, 2.05) is 0 Å². The number of sulfonamides is 1. The summed E-state index contributed by atoms with van der Waals surface area (Å²) < 4.78 is 31.1. The first kappa shape index (κ1) is 17.3. The molecule has 0 saturated heterocycles. The molecule has 1 aromatic rings. The molecule has 0 amide bonds. The van der Waals surface area contributed by atoms with Crippen molar-refractivity contribution in [1.82, 2.24) is 4.31 Å². The molecule has 20 heavy (non-hydrogen) atoms. The maximum atomic E-state index is 12.5. The average molecular weight is 337 g/mol. The van der Waals surface area contributed by atoms with E-state index < -0.39 is 10.0 Å². The Bertz CT molecular complexity index is 605. The summed E-state index contributed by atoms with van der Waals surface area (Å²) in [6.45, 7) is 2.04. The molecule has 0 bridgehead atoms. The van der Waals surface area contributed by atoms with Crippen LogP contribution in [0.3, 0.4) is 0 Å². The Morgan fingerprint density at radius 1 is 1.55 bits per heavy atom. The summed E-state index contributed by atoms with van der Waals surface area (Å²) in [4.78, 5) is 0.182. The zero-order valence-corrected chi connectivity index (χ0v) is 13.8. The van der Waals surface area contributed by atoms with Crippen molar-refractivity contribution in [3.8, 4) is 0 Å². The minimum absolute atomic E-state index is 0.0182. The lowest BCUT2D eigenvalue weighted by atomic mass is 10.2. The van der Waals surface area contributed by atoms with Crippen LogP contribution in [0.15, 0.2) is 23.1 Å². The second kappa shape index (κ2) is 6.82. The minimum atomic E-state index is -3.70. The van der Waals surface area contributed by atoms with Crippen LogP contribution in [0.2, 0.25) is 5.02 Å². The minimum Gasteiger partial charge on any atom is -0.389 e. The van der Waals surface area contributed by atoms with Crippen LogP contribution >= 0.6 is 23.8 Å². The van der Waals surface area contributed by atoms with Gasteiger partial charge in [0.25, 0.3) is 0 Å². The first-order chi connectivity index (χ1) is 9.21. The van der Waals surface area contributed by atoms with Gasteiger partial charge in [0.2, 0.25) is 10.0 Å². The number of likely N-dealkylation sites (N-methyl/N-ethyl adjacent to an activating group) is 1. The monoisotopic (exact) mass is 336 g/mol. The Hall–Kier alpha value is -0.730. The van der Waals surface area contributed by atoms with Crippen molar-refractivity contribution >= 4 is 38.8 Å². The van der Waals surface area contributed by atoms with Crippen LogP contribution in [0.5, 0.6) is 0 Å². The predicted octanol–water partition coefficient (Wildman–Crippen LogP) is 1.63. The zero-order chi connectivity index (χ0) is 15.5. The molecule has 0 aliphatic heterocycles. The molecule has 0 heterocycles. The number of benzene rings is 1. The van der Waals surface area contributed by atoms with Crippen LogP contribution in [0.1, 0.15) is 12.5 Å². The van der Waals surface area contributed by atoms with Gasteiger partial charge in [-0.1, -0.05) is 29.9 Å². The Morgan fingerprint density at radius 2 is 2.15 bits per heavy atom. The Balaban J connectivity index is 3.19. The molecular weight excluding hydrogens is 320 g/mol. The van der Waals surface area contributed by atoms with Gasteiger partial charge in [0, 0.05) is 25.8 Å². The predicted molar refractivity (Wildman–Crippen MR) is 83.6 cm³/mol. The largest absolute Gasteiger partial charge is 0.389 e. The highest BCUT2D eigenvalue weighted by Gasteiger charge is 2.27. The molecule has 0 radical (unpaired) electrons. The number of nitrogens with two attached hydrogens (primary N) is 1. The Morgan fingerprint density at radius 3 is 2.60 bits per heavy atom. The van der Waals surface area contributed by atoms with Crippen molar-refractivity contribution in [1.29, 1.82) is 0 Å². The van der Waals surface area contributed by atoms with Gasteiger partial charge >= 0.3 is 0 Å². The Kier molecular flexibility index (Phi) is 5.91. The van der Waals surface area contributed by atoms with Crippen LogP contribution < -0.4 is 5.73 Å². The first-order valence-corrected chi connectivity index (χ1v) is 8.00. The fraction of sp³-hybridized carbons (Fsp3) is 0.417. The summed E-state index contributed by atoms with van der Waals surface area (Å²) in [6.07, 6.45) is 0. The summed E-state index contributed by atoms with van der Waals surface area (Å²) in [7, 11) is -0.698. The number of rotatable bonds is 6. The third-order valence-corrected chi connectivity index (χ3v) is 5.59. The molecule has 0 saturated carbocycles. The molecule has 8 heteroatoms. The number of hydrogen-bond donors (Lipinski definition) is 1. The number of thiocarbonyl (C=S) groups is 1. The second-order valence-corrected chi connectivity index (χ2v) is 7.15. The van der Waals surface area contributed by atoms with Crippen molar-refractivity contribution in [2.45, 2.75) is 17.9 Å². The van der Waals surface area contributed by atoms with Crippen LogP contribution in [-0.2, 0) is 14.8 Å². The van der Waals surface area contributed by atoms with E-state index in [4.69, 9.17) is 34.3 Å². The smallest absolute Gasteiger partial charge is 0.244 e. The molecule has 2 N–H and O–H groups in total. The molecule has 0 fully saturated rings. The number of methoxy groups -OCH3 is 1. The van der Waals surface area contributed by atoms with Gasteiger partial charge in [0.15, 0.2) is 0 Å². The summed E-state index contributed by atoms with van der Waals surface area (Å²) in [6, 6.07) is 4.08. The van der Waals surface area contributed by atoms with Crippen LogP contribution in [0, 0.1) is 0 Å². The van der Waals surface area contributed by atoms with Crippen molar-refractivity contribution in [3.63, 3.8) is 0 Å². The molecule has 0 spiro atoms. The number of ether oxygens (including phenoxy) is 1. The fourth-order valence-electron chi connectivity index (χ4n) is 1.60. The molecule has 0 aliphatic carbocycles. The quantitative estimate of drug-likeness (QED) is 0.799. The van der Waals surface area contributed by atoms with Gasteiger partial charge in [-0.2, -0.15) is 4.31 Å². The maximum absolute atomic E-state index is 12.5. The topological polar surface area (TPSA) is 72.6 Å². The van der Waals surface area contributed by atoms with Gasteiger partial charge in [-0.05, 0) is 19.1 Å². The van der Waals surface area contributed by atoms with Crippen LogP contribution in [-0.4, -0.2) is 44.5 Å². The molecular formula is C12H17ClN2O3S2. The lowest BCUT2D eigenvalue weighted by Crippen LogP contribution is -2.37. The van der Waals surface area contributed by atoms with Crippen LogP contribution in [0.25, 0.3) is 0 Å². The zero-order valence-electron chi connectivity index (χ0n) is 11.5. The van der Waals surface area contributed by atoms with Gasteiger partial charge in [0.05, 0.1) is 11.6 Å². The van der Waals surface area contributed by atoms with E-state index in [-0.39, 0.29) is 27.6 Å². The van der Waals surface area contributed by atoms with E-state index in [1.165, 1.54) is 36.7 Å². The van der Waals surface area contributed by atoms with E-state index >= 15 is 0 Å². The normalized spacial score (nSPS) is 13.4. The number of halogens is 1. The van der Waals surface area contributed by atoms with Crippen molar-refractivity contribution < 1.29 is 13.2 Å². The summed E-state index contributed by atoms with van der Waals surface area (Å²) in [5, 5.41) is 0.0896. The van der Waals surface area contributed by atoms with E-state index in [0.717, 1.165) is 0 Å². The molecule has 1 rings (SSSR count). The van der Waals surface area contributed by atoms with Crippen LogP contribution in [0.4, 0.5) is 0 Å². The maximum Gasteiger partial charge on any atom is 0.244 e. The molecule has 0 aromatic heterocycles. The standard InChI is InChI=1S/C12H17ClN2O3S2/c1-8(7-18-3)15(2)20(16,17)11-5-4-9(12(14)19)6-10(11)13/h4-6,8H,7H2,1-3H3,(H2,14,19). The molecule has 112 valence electrons. The van der Waals surface area contributed by atoms with Crippen molar-refractivity contribution in [2.24, 2.45) is 5.73 Å². The SMILES string of the molecule is COCC(C)N(C)S(=O)(=O)c1ccc(C(N)=S)cc1Cl. The van der Waals surface area contributed by atoms with Gasteiger partial charge in [-0.15, -0.1) is 0 Å². The molecule has 1 atom stereocenters. The highest BCUT2D eigenvalue weighted by molar-refractivity contribution is 7.89. The van der Waals surface area contributed by atoms with E-state index in [0.29, 0.717) is 5.56 Å². The van der Waals surface area contributed by atoms with Gasteiger partial charge in [0.1, 0.15) is 9.88 Å². The molecule has 0 aliphatic rings. The summed E-state index contributed by atoms with van der Waals surface area (Å²) in [5.41, 5.74) is 6.01. The third-order valence-electron chi connectivity index (χ3n) is 2.90. The van der Waals surface area contributed by atoms with Crippen molar-refractivity contribution in [3.05, 3.63) is 28.8 Å². The molecule has 1 aromatic carbocycles. The van der Waals surface area contributed by atoms with E-state index in [2.05, 4.69) is 0 Å². The lowest BCUT2D eigenvalue weighted by Gasteiger charge is -2.24. The highest BCUT2D eigenvalue weighted by Crippen LogP contribution is 2.26. The third kappa shape index (κ3) is 3.67. The second-order valence-electron chi connectivity index (χ2n) is 4.34. The summed E-state index contributed by atoms with van der Waals surface area (Å²) in [5.74, 6) is 0. The fourth-order valence-corrected chi connectivity index (χ4v) is 3.59. The number of hydrogen-bond acceptors (Lipinski definition) is 4. The first-order valence-electron chi connectivity index (χ1n) is 5.78. The number of nitrogens with zero attached hydrogens (tertiary/aromatic N) is 1. The molecule has 1 unspecified atom stereocenters. The molecule has 5 nitrogen and oxygen atoms in total. The van der Waals surface area contributed by atoms with E-state index in [9.17, 15) is 8.42 Å². The van der Waals surface area contributed by atoms with Gasteiger partial charge < -0.3 is 10.5 Å². The average Bonchev–Trinajstić information content (AvgIpc) is 2.37. The van der Waals surface area contributed by atoms with Gasteiger partial charge in [-0.3, -0.25) is 0 Å². The summed E-state index contributed by atoms with van der Waals surface area (Å²) >= 11 is 10.9. The highest BCUT2D eigenvalue weighted by atomic mass is 35.5. The van der Waals surface area contributed by atoms with E-state index in [1.54, 1.807) is 6.92 Å². The van der Waals surface area contributed by atoms with Gasteiger partial charge in [-0.25, -0.2) is 8.42 Å². The van der Waals surface area contributed by atoms with Crippen molar-refractivity contribution in [2.75, 3.05) is 20.8 Å². The lowest BCUT2D eigenvalue weighted by molar-refractivity contribution is 0.149. The Labute approximate surface area is 129 Å².